The number of nitrogens with two attached hydrogens (primary N) is 1. The van der Waals surface area contributed by atoms with Crippen molar-refractivity contribution in [1.82, 2.24) is 9.97 Å². The van der Waals surface area contributed by atoms with E-state index < -0.39 is 0 Å². The van der Waals surface area contributed by atoms with Crippen molar-refractivity contribution in [2.45, 2.75) is 12.8 Å². The normalized spacial score (nSPS) is 12.8. The average Bonchev–Trinajstić information content (AvgIpc) is 2.35. The van der Waals surface area contributed by atoms with Crippen molar-refractivity contribution in [2.24, 2.45) is 0 Å². The van der Waals surface area contributed by atoms with Crippen LogP contribution in [0.2, 0.25) is 0 Å². The largest absolute Gasteiger partial charge is 0.497 e. The highest BCUT2D eigenvalue weighted by molar-refractivity contribution is 5.46. The molecule has 0 spiro atoms. The Hall–Kier alpha value is -2.10. The highest BCUT2D eigenvalue weighted by Crippen LogP contribution is 2.28. The summed E-state index contributed by atoms with van der Waals surface area (Å²) >= 11 is 0. The lowest BCUT2D eigenvalue weighted by Crippen LogP contribution is -2.11. The van der Waals surface area contributed by atoms with Crippen LogP contribution in [0.3, 0.4) is 0 Å². The molecule has 0 saturated carbocycles. The summed E-state index contributed by atoms with van der Waals surface area (Å²) < 4.78 is 5.23. The predicted octanol–water partition coefficient (Wildman–Crippen LogP) is 1.56. The van der Waals surface area contributed by atoms with Gasteiger partial charge in [-0.15, -0.1) is 0 Å². The van der Waals surface area contributed by atoms with Gasteiger partial charge in [0.25, 0.3) is 0 Å². The molecular formula is C13H13N3O. The van der Waals surface area contributed by atoms with E-state index in [1.54, 1.807) is 7.11 Å². The number of rotatable bonds is 1. The van der Waals surface area contributed by atoms with Gasteiger partial charge in [0.1, 0.15) is 5.75 Å². The fraction of sp³-hybridized carbons (Fsp3) is 0.231. The van der Waals surface area contributed by atoms with Crippen LogP contribution in [0.25, 0.3) is 0 Å². The van der Waals surface area contributed by atoms with Gasteiger partial charge < -0.3 is 10.5 Å². The summed E-state index contributed by atoms with van der Waals surface area (Å²) in [7, 11) is 1.68. The number of ether oxygens (including phenoxy) is 1. The SMILES string of the molecule is COc1ccc2c(c1)Cc1nc(N)ncc1C2. The third-order valence-corrected chi connectivity index (χ3v) is 3.13. The second-order valence-electron chi connectivity index (χ2n) is 4.19. The van der Waals surface area contributed by atoms with Gasteiger partial charge in [-0.05, 0) is 28.8 Å². The summed E-state index contributed by atoms with van der Waals surface area (Å²) in [5.74, 6) is 1.23. The lowest BCUT2D eigenvalue weighted by Gasteiger charge is -2.19. The van der Waals surface area contributed by atoms with Crippen molar-refractivity contribution in [3.8, 4) is 5.75 Å². The molecule has 4 heteroatoms. The zero-order chi connectivity index (χ0) is 11.8. The van der Waals surface area contributed by atoms with E-state index in [0.717, 1.165) is 29.8 Å². The molecule has 0 bridgehead atoms. The first-order valence-electron chi connectivity index (χ1n) is 5.52. The van der Waals surface area contributed by atoms with E-state index in [-0.39, 0.29) is 0 Å². The average molecular weight is 227 g/mol. The van der Waals surface area contributed by atoms with E-state index in [9.17, 15) is 0 Å². The topological polar surface area (TPSA) is 61.0 Å². The van der Waals surface area contributed by atoms with Crippen molar-refractivity contribution in [1.29, 1.82) is 0 Å². The molecule has 1 aromatic heterocycles. The first kappa shape index (κ1) is 10.1. The maximum Gasteiger partial charge on any atom is 0.220 e. The predicted molar refractivity (Wildman–Crippen MR) is 65.1 cm³/mol. The van der Waals surface area contributed by atoms with Crippen LogP contribution in [0.15, 0.2) is 24.4 Å². The standard InChI is InChI=1S/C13H13N3O/c1-17-11-3-2-8-4-10-7-15-13(14)16-12(10)6-9(8)5-11/h2-3,5,7H,4,6H2,1H3,(H2,14,15,16). The monoisotopic (exact) mass is 227 g/mol. The summed E-state index contributed by atoms with van der Waals surface area (Å²) in [6.45, 7) is 0. The highest BCUT2D eigenvalue weighted by atomic mass is 16.5. The molecule has 4 nitrogen and oxygen atoms in total. The molecule has 0 saturated heterocycles. The smallest absolute Gasteiger partial charge is 0.220 e. The van der Waals surface area contributed by atoms with Gasteiger partial charge in [0.05, 0.1) is 12.8 Å². The number of hydrogen-bond donors (Lipinski definition) is 1. The maximum absolute atomic E-state index is 5.61. The first-order valence-corrected chi connectivity index (χ1v) is 5.52. The molecule has 1 heterocycles. The van der Waals surface area contributed by atoms with Crippen molar-refractivity contribution >= 4 is 5.95 Å². The molecular weight excluding hydrogens is 214 g/mol. The highest BCUT2D eigenvalue weighted by Gasteiger charge is 2.17. The molecule has 3 rings (SSSR count). The fourth-order valence-electron chi connectivity index (χ4n) is 2.21. The molecule has 1 aromatic carbocycles. The van der Waals surface area contributed by atoms with E-state index in [0.29, 0.717) is 5.95 Å². The van der Waals surface area contributed by atoms with Crippen molar-refractivity contribution < 1.29 is 4.74 Å². The van der Waals surface area contributed by atoms with E-state index in [4.69, 9.17) is 10.5 Å². The summed E-state index contributed by atoms with van der Waals surface area (Å²) in [5.41, 5.74) is 10.4. The van der Waals surface area contributed by atoms with Crippen LogP contribution in [0.5, 0.6) is 5.75 Å². The number of anilines is 1. The van der Waals surface area contributed by atoms with Gasteiger partial charge in [-0.1, -0.05) is 6.07 Å². The summed E-state index contributed by atoms with van der Waals surface area (Å²) in [4.78, 5) is 8.34. The Morgan fingerprint density at radius 1 is 1.18 bits per heavy atom. The van der Waals surface area contributed by atoms with Gasteiger partial charge in [-0.25, -0.2) is 9.97 Å². The molecule has 0 unspecified atom stereocenters. The molecule has 17 heavy (non-hydrogen) atoms. The zero-order valence-corrected chi connectivity index (χ0v) is 9.60. The minimum Gasteiger partial charge on any atom is -0.497 e. The molecule has 1 aliphatic carbocycles. The van der Waals surface area contributed by atoms with Crippen molar-refractivity contribution in [3.63, 3.8) is 0 Å². The van der Waals surface area contributed by atoms with Gasteiger partial charge in [0.2, 0.25) is 5.95 Å². The second kappa shape index (κ2) is 3.73. The molecule has 86 valence electrons. The number of benzene rings is 1. The lowest BCUT2D eigenvalue weighted by atomic mass is 9.90. The Bertz CT molecular complexity index is 581. The molecule has 0 fully saturated rings. The molecule has 1 aliphatic rings. The number of aromatic nitrogens is 2. The zero-order valence-electron chi connectivity index (χ0n) is 9.60. The van der Waals surface area contributed by atoms with E-state index in [1.165, 1.54) is 11.1 Å². The number of nitrogens with zero attached hydrogens (tertiary/aromatic N) is 2. The molecule has 0 atom stereocenters. The maximum atomic E-state index is 5.61. The number of hydrogen-bond acceptors (Lipinski definition) is 4. The van der Waals surface area contributed by atoms with Crippen LogP contribution in [0, 0.1) is 0 Å². The van der Waals surface area contributed by atoms with Crippen molar-refractivity contribution in [2.75, 3.05) is 12.8 Å². The van der Waals surface area contributed by atoms with Crippen LogP contribution in [0.1, 0.15) is 22.4 Å². The third-order valence-electron chi connectivity index (χ3n) is 3.13. The van der Waals surface area contributed by atoms with Gasteiger partial charge >= 0.3 is 0 Å². The Morgan fingerprint density at radius 2 is 2.06 bits per heavy atom. The molecule has 0 aliphatic heterocycles. The van der Waals surface area contributed by atoms with Gasteiger partial charge in [0.15, 0.2) is 0 Å². The van der Waals surface area contributed by atoms with Gasteiger partial charge in [-0.2, -0.15) is 0 Å². The Balaban J connectivity index is 2.05. The van der Waals surface area contributed by atoms with Crippen LogP contribution in [-0.4, -0.2) is 17.1 Å². The molecule has 0 amide bonds. The first-order chi connectivity index (χ1) is 8.26. The molecule has 0 radical (unpaired) electrons. The molecule has 2 N–H and O–H groups in total. The van der Waals surface area contributed by atoms with Gasteiger partial charge in [0, 0.05) is 19.0 Å². The van der Waals surface area contributed by atoms with Crippen LogP contribution in [0.4, 0.5) is 5.95 Å². The quantitative estimate of drug-likeness (QED) is 0.685. The van der Waals surface area contributed by atoms with E-state index in [1.807, 2.05) is 12.3 Å². The number of nitrogen functional groups attached to an aromatic ring is 1. The summed E-state index contributed by atoms with van der Waals surface area (Å²) in [6.07, 6.45) is 3.49. The van der Waals surface area contributed by atoms with Crippen LogP contribution >= 0.6 is 0 Å². The van der Waals surface area contributed by atoms with E-state index >= 15 is 0 Å². The lowest BCUT2D eigenvalue weighted by molar-refractivity contribution is 0.414. The van der Waals surface area contributed by atoms with Crippen molar-refractivity contribution in [3.05, 3.63) is 46.8 Å². The number of fused-ring (bicyclic) bond motifs is 2. The molecule has 2 aromatic rings. The Labute approximate surface area is 99.5 Å². The van der Waals surface area contributed by atoms with Crippen LogP contribution in [-0.2, 0) is 12.8 Å². The summed E-state index contributed by atoms with van der Waals surface area (Å²) in [6, 6.07) is 6.16. The summed E-state index contributed by atoms with van der Waals surface area (Å²) in [5, 5.41) is 0. The Morgan fingerprint density at radius 3 is 2.88 bits per heavy atom. The third kappa shape index (κ3) is 1.71. The Kier molecular flexibility index (Phi) is 2.21. The van der Waals surface area contributed by atoms with Crippen LogP contribution < -0.4 is 10.5 Å². The number of methoxy groups -OCH3 is 1. The minimum absolute atomic E-state index is 0.343. The fourth-order valence-corrected chi connectivity index (χ4v) is 2.21. The van der Waals surface area contributed by atoms with E-state index in [2.05, 4.69) is 22.1 Å². The van der Waals surface area contributed by atoms with Gasteiger partial charge in [-0.3, -0.25) is 0 Å². The minimum atomic E-state index is 0.343. The second-order valence-corrected chi connectivity index (χ2v) is 4.19.